The zero-order chi connectivity index (χ0) is 13.9. The maximum atomic E-state index is 12.0. The first-order valence-electron chi connectivity index (χ1n) is 6.57. The average molecular weight is 292 g/mol. The average Bonchev–Trinajstić information content (AvgIpc) is 2.51. The second-order valence-electron chi connectivity index (χ2n) is 4.70. The lowest BCUT2D eigenvalue weighted by Crippen LogP contribution is -2.19. The fourth-order valence-corrected chi connectivity index (χ4v) is 2.50. The molecule has 1 unspecified atom stereocenters. The third-order valence-corrected chi connectivity index (χ3v) is 3.69. The Hall–Kier alpha value is -1.72. The van der Waals surface area contributed by atoms with Crippen LogP contribution in [0, 0.1) is 0 Å². The summed E-state index contributed by atoms with van der Waals surface area (Å²) in [6.07, 6.45) is 6.04. The molecule has 0 bridgehead atoms. The molecule has 5 nitrogen and oxygen atoms in total. The molecule has 0 aliphatic carbocycles. The predicted molar refractivity (Wildman–Crippen MR) is 75.6 cm³/mol. The van der Waals surface area contributed by atoms with Gasteiger partial charge in [0.1, 0.15) is 17.0 Å². The van der Waals surface area contributed by atoms with Gasteiger partial charge in [-0.05, 0) is 31.4 Å². The minimum Gasteiger partial charge on any atom is -0.372 e. The van der Waals surface area contributed by atoms with Crippen molar-refractivity contribution in [3.63, 3.8) is 0 Å². The highest BCUT2D eigenvalue weighted by molar-refractivity contribution is 6.31. The monoisotopic (exact) mass is 291 g/mol. The lowest BCUT2D eigenvalue weighted by molar-refractivity contribution is 0.0123. The van der Waals surface area contributed by atoms with Gasteiger partial charge in [0.2, 0.25) is 0 Å². The van der Waals surface area contributed by atoms with Crippen LogP contribution in [0.4, 0.5) is 0 Å². The molecule has 104 valence electrons. The van der Waals surface area contributed by atoms with Crippen LogP contribution in [0.25, 0.3) is 11.4 Å². The molecule has 3 heterocycles. The van der Waals surface area contributed by atoms with E-state index in [0.29, 0.717) is 18.1 Å². The van der Waals surface area contributed by atoms with E-state index in [9.17, 15) is 4.79 Å². The SMILES string of the molecule is O=c1[nH]c(-c2ccncc2)nc(C2CCCCO2)c1Cl. The number of nitrogens with zero attached hydrogens (tertiary/aromatic N) is 2. The number of pyridine rings is 1. The quantitative estimate of drug-likeness (QED) is 0.924. The van der Waals surface area contributed by atoms with E-state index in [4.69, 9.17) is 16.3 Å². The minimum atomic E-state index is -0.336. The summed E-state index contributed by atoms with van der Waals surface area (Å²) in [6.45, 7) is 0.681. The first kappa shape index (κ1) is 13.3. The Labute approximate surface area is 121 Å². The smallest absolute Gasteiger partial charge is 0.270 e. The predicted octanol–water partition coefficient (Wildman–Crippen LogP) is 2.73. The maximum Gasteiger partial charge on any atom is 0.270 e. The molecule has 2 aromatic heterocycles. The van der Waals surface area contributed by atoms with Gasteiger partial charge in [0.25, 0.3) is 5.56 Å². The number of hydrogen-bond acceptors (Lipinski definition) is 4. The Morgan fingerprint density at radius 1 is 1.30 bits per heavy atom. The van der Waals surface area contributed by atoms with Gasteiger partial charge >= 0.3 is 0 Å². The Balaban J connectivity index is 2.06. The summed E-state index contributed by atoms with van der Waals surface area (Å²) in [6, 6.07) is 3.58. The molecule has 0 radical (unpaired) electrons. The van der Waals surface area contributed by atoms with Crippen molar-refractivity contribution < 1.29 is 4.74 Å². The second-order valence-corrected chi connectivity index (χ2v) is 5.08. The molecule has 6 heteroatoms. The summed E-state index contributed by atoms with van der Waals surface area (Å²) in [5.41, 5.74) is 0.991. The number of aromatic amines is 1. The lowest BCUT2D eigenvalue weighted by atomic mass is 10.1. The van der Waals surface area contributed by atoms with Crippen LogP contribution in [0.2, 0.25) is 5.02 Å². The molecule has 0 saturated carbocycles. The summed E-state index contributed by atoms with van der Waals surface area (Å²) < 4.78 is 5.68. The van der Waals surface area contributed by atoms with Crippen molar-refractivity contribution in [1.82, 2.24) is 15.0 Å². The van der Waals surface area contributed by atoms with Gasteiger partial charge in [-0.3, -0.25) is 9.78 Å². The van der Waals surface area contributed by atoms with E-state index < -0.39 is 0 Å². The summed E-state index contributed by atoms with van der Waals surface area (Å²) in [4.78, 5) is 23.1. The van der Waals surface area contributed by atoms with E-state index in [1.165, 1.54) is 0 Å². The molecule has 1 saturated heterocycles. The van der Waals surface area contributed by atoms with Crippen molar-refractivity contribution in [2.24, 2.45) is 0 Å². The highest BCUT2D eigenvalue weighted by Gasteiger charge is 2.23. The van der Waals surface area contributed by atoms with Crippen LogP contribution < -0.4 is 5.56 Å². The van der Waals surface area contributed by atoms with Crippen molar-refractivity contribution in [2.75, 3.05) is 6.61 Å². The van der Waals surface area contributed by atoms with E-state index in [1.54, 1.807) is 24.5 Å². The van der Waals surface area contributed by atoms with Crippen molar-refractivity contribution >= 4 is 11.6 Å². The molecule has 20 heavy (non-hydrogen) atoms. The fraction of sp³-hybridized carbons (Fsp3) is 0.357. The molecule has 1 fully saturated rings. The molecule has 1 aliphatic heterocycles. The second kappa shape index (κ2) is 5.73. The van der Waals surface area contributed by atoms with Crippen LogP contribution >= 0.6 is 11.6 Å². The normalized spacial score (nSPS) is 18.9. The van der Waals surface area contributed by atoms with Crippen molar-refractivity contribution in [3.8, 4) is 11.4 Å². The molecule has 0 aromatic carbocycles. The largest absolute Gasteiger partial charge is 0.372 e. The number of nitrogens with one attached hydrogen (secondary N) is 1. The molecule has 2 aromatic rings. The van der Waals surface area contributed by atoms with Gasteiger partial charge < -0.3 is 9.72 Å². The first-order chi connectivity index (χ1) is 9.75. The number of halogens is 1. The summed E-state index contributed by atoms with van der Waals surface area (Å²) in [5.74, 6) is 0.492. The van der Waals surface area contributed by atoms with E-state index in [-0.39, 0.29) is 16.7 Å². The van der Waals surface area contributed by atoms with Gasteiger partial charge in [-0.25, -0.2) is 4.98 Å². The summed E-state index contributed by atoms with van der Waals surface area (Å²) in [5, 5.41) is 0.120. The van der Waals surface area contributed by atoms with Crippen LogP contribution in [0.3, 0.4) is 0 Å². The Kier molecular flexibility index (Phi) is 3.80. The highest BCUT2D eigenvalue weighted by atomic mass is 35.5. The Morgan fingerprint density at radius 2 is 2.10 bits per heavy atom. The van der Waals surface area contributed by atoms with Crippen LogP contribution in [-0.4, -0.2) is 21.6 Å². The topological polar surface area (TPSA) is 67.9 Å². The first-order valence-corrected chi connectivity index (χ1v) is 6.95. The molecule has 1 N–H and O–H groups in total. The third-order valence-electron chi connectivity index (χ3n) is 3.33. The molecular weight excluding hydrogens is 278 g/mol. The Morgan fingerprint density at radius 3 is 2.80 bits per heavy atom. The number of aromatic nitrogens is 3. The third kappa shape index (κ3) is 2.59. The maximum absolute atomic E-state index is 12.0. The number of ether oxygens (including phenoxy) is 1. The molecule has 1 atom stereocenters. The van der Waals surface area contributed by atoms with Crippen molar-refractivity contribution in [1.29, 1.82) is 0 Å². The van der Waals surface area contributed by atoms with Crippen LogP contribution in [0.15, 0.2) is 29.3 Å². The molecule has 0 spiro atoms. The van der Waals surface area contributed by atoms with Crippen LogP contribution in [0.5, 0.6) is 0 Å². The van der Waals surface area contributed by atoms with E-state index in [0.717, 1.165) is 24.8 Å². The van der Waals surface area contributed by atoms with E-state index >= 15 is 0 Å². The van der Waals surface area contributed by atoms with Crippen molar-refractivity contribution in [2.45, 2.75) is 25.4 Å². The van der Waals surface area contributed by atoms with Gasteiger partial charge in [-0.1, -0.05) is 11.6 Å². The molecular formula is C14H14ClN3O2. The van der Waals surface area contributed by atoms with Gasteiger partial charge in [0.15, 0.2) is 0 Å². The highest BCUT2D eigenvalue weighted by Crippen LogP contribution is 2.30. The van der Waals surface area contributed by atoms with E-state index in [2.05, 4.69) is 15.0 Å². The standard InChI is InChI=1S/C14H14ClN3O2/c15-11-12(10-3-1-2-8-20-10)17-13(18-14(11)19)9-4-6-16-7-5-9/h4-7,10H,1-3,8H2,(H,17,18,19). The van der Waals surface area contributed by atoms with Crippen LogP contribution in [-0.2, 0) is 4.74 Å². The zero-order valence-electron chi connectivity index (χ0n) is 10.8. The van der Waals surface area contributed by atoms with Gasteiger partial charge in [0.05, 0.1) is 5.69 Å². The molecule has 0 amide bonds. The summed E-state index contributed by atoms with van der Waals surface area (Å²) in [7, 11) is 0. The summed E-state index contributed by atoms with van der Waals surface area (Å²) >= 11 is 6.09. The minimum absolute atomic E-state index is 0.120. The van der Waals surface area contributed by atoms with Crippen LogP contribution in [0.1, 0.15) is 31.1 Å². The number of rotatable bonds is 2. The van der Waals surface area contributed by atoms with Gasteiger partial charge in [-0.15, -0.1) is 0 Å². The molecule has 1 aliphatic rings. The van der Waals surface area contributed by atoms with Crippen molar-refractivity contribution in [3.05, 3.63) is 45.6 Å². The van der Waals surface area contributed by atoms with E-state index in [1.807, 2.05) is 0 Å². The Bertz CT molecular complexity index is 651. The lowest BCUT2D eigenvalue weighted by Gasteiger charge is -2.22. The van der Waals surface area contributed by atoms with Gasteiger partial charge in [-0.2, -0.15) is 0 Å². The fourth-order valence-electron chi connectivity index (χ4n) is 2.29. The number of hydrogen-bond donors (Lipinski definition) is 1. The van der Waals surface area contributed by atoms with Gasteiger partial charge in [0, 0.05) is 24.6 Å². The zero-order valence-corrected chi connectivity index (χ0v) is 11.6. The number of H-pyrrole nitrogens is 1. The molecule has 3 rings (SSSR count).